The van der Waals surface area contributed by atoms with Crippen LogP contribution in [0.3, 0.4) is 0 Å². The van der Waals surface area contributed by atoms with Gasteiger partial charge in [0.1, 0.15) is 11.5 Å². The third-order valence-corrected chi connectivity index (χ3v) is 5.22. The fraction of sp³-hybridized carbons (Fsp3) is 0.316. The average molecular weight is 342 g/mol. The van der Waals surface area contributed by atoms with Crippen molar-refractivity contribution < 1.29 is 9.21 Å². The lowest BCUT2D eigenvalue weighted by atomic mass is 10.0. The van der Waals surface area contributed by atoms with E-state index in [2.05, 4.69) is 39.9 Å². The Morgan fingerprint density at radius 3 is 2.71 bits per heavy atom. The number of likely N-dealkylation sites (N-methyl/N-ethyl adjacent to an activating group) is 1. The summed E-state index contributed by atoms with van der Waals surface area (Å²) in [6.45, 7) is 4.22. The largest absolute Gasteiger partial charge is 0.466 e. The van der Waals surface area contributed by atoms with E-state index in [0.29, 0.717) is 17.9 Å². The predicted molar refractivity (Wildman–Crippen MR) is 98.8 cm³/mol. The standard InChI is InChI=1S/C19H22N2O2S/c1-12-9-15(13(2)23-12)19(22)20-10-17(21(3)4)16-11-24-18-8-6-5-7-14(16)18/h5-9,11,17H,10H2,1-4H3,(H,20,22)/t17-/m1/s1. The van der Waals surface area contributed by atoms with Crippen LogP contribution in [0.2, 0.25) is 0 Å². The minimum Gasteiger partial charge on any atom is -0.466 e. The van der Waals surface area contributed by atoms with Gasteiger partial charge in [-0.25, -0.2) is 0 Å². The molecule has 0 aliphatic heterocycles. The minimum atomic E-state index is -0.0873. The number of hydrogen-bond donors (Lipinski definition) is 1. The van der Waals surface area contributed by atoms with Gasteiger partial charge in [0.2, 0.25) is 0 Å². The summed E-state index contributed by atoms with van der Waals surface area (Å²) in [5.74, 6) is 1.33. The molecule has 4 nitrogen and oxygen atoms in total. The SMILES string of the molecule is Cc1cc(C(=O)NC[C@H](c2csc3ccccc23)N(C)C)c(C)o1. The zero-order chi connectivity index (χ0) is 17.3. The van der Waals surface area contributed by atoms with Crippen LogP contribution in [0.25, 0.3) is 10.1 Å². The van der Waals surface area contributed by atoms with E-state index < -0.39 is 0 Å². The Balaban J connectivity index is 1.80. The molecule has 2 heterocycles. The number of carbonyl (C=O) groups excluding carboxylic acids is 1. The van der Waals surface area contributed by atoms with Crippen molar-refractivity contribution in [3.8, 4) is 0 Å². The highest BCUT2D eigenvalue weighted by atomic mass is 32.1. The molecule has 3 aromatic rings. The fourth-order valence-corrected chi connectivity index (χ4v) is 3.98. The maximum Gasteiger partial charge on any atom is 0.254 e. The van der Waals surface area contributed by atoms with Crippen LogP contribution in [0.5, 0.6) is 0 Å². The normalized spacial score (nSPS) is 12.7. The monoisotopic (exact) mass is 342 g/mol. The molecule has 2 aromatic heterocycles. The van der Waals surface area contributed by atoms with E-state index in [-0.39, 0.29) is 11.9 Å². The van der Waals surface area contributed by atoms with Gasteiger partial charge in [-0.15, -0.1) is 11.3 Å². The average Bonchev–Trinajstić information content (AvgIpc) is 3.10. The van der Waals surface area contributed by atoms with Crippen LogP contribution in [0, 0.1) is 13.8 Å². The predicted octanol–water partition coefficient (Wildman–Crippen LogP) is 4.14. The van der Waals surface area contributed by atoms with Crippen LogP contribution in [-0.2, 0) is 0 Å². The van der Waals surface area contributed by atoms with Crippen molar-refractivity contribution in [3.05, 3.63) is 58.4 Å². The van der Waals surface area contributed by atoms with Crippen LogP contribution in [-0.4, -0.2) is 31.4 Å². The zero-order valence-electron chi connectivity index (χ0n) is 14.4. The number of furan rings is 1. The Labute approximate surface area is 146 Å². The van der Waals surface area contributed by atoms with Crippen molar-refractivity contribution in [1.29, 1.82) is 0 Å². The molecule has 24 heavy (non-hydrogen) atoms. The topological polar surface area (TPSA) is 45.5 Å². The molecule has 0 saturated heterocycles. The van der Waals surface area contributed by atoms with Gasteiger partial charge in [-0.1, -0.05) is 18.2 Å². The zero-order valence-corrected chi connectivity index (χ0v) is 15.2. The van der Waals surface area contributed by atoms with Crippen LogP contribution >= 0.6 is 11.3 Å². The summed E-state index contributed by atoms with van der Waals surface area (Å²) in [4.78, 5) is 14.6. The number of nitrogens with one attached hydrogen (secondary N) is 1. The third-order valence-electron chi connectivity index (χ3n) is 4.23. The maximum absolute atomic E-state index is 12.5. The Morgan fingerprint density at radius 1 is 1.29 bits per heavy atom. The number of carbonyl (C=O) groups is 1. The van der Waals surface area contributed by atoms with Crippen LogP contribution in [0.15, 0.2) is 40.1 Å². The molecule has 1 atom stereocenters. The number of fused-ring (bicyclic) bond motifs is 1. The summed E-state index contributed by atoms with van der Waals surface area (Å²) in [6.07, 6.45) is 0. The molecule has 3 rings (SSSR count). The fourth-order valence-electron chi connectivity index (χ4n) is 2.97. The Kier molecular flexibility index (Phi) is 4.73. The second-order valence-corrected chi connectivity index (χ2v) is 7.11. The van der Waals surface area contributed by atoms with Gasteiger partial charge in [0.05, 0.1) is 11.6 Å². The number of aryl methyl sites for hydroxylation is 2. The van der Waals surface area contributed by atoms with Crippen molar-refractivity contribution in [1.82, 2.24) is 10.2 Å². The molecule has 0 unspecified atom stereocenters. The first-order valence-corrected chi connectivity index (χ1v) is 8.83. The number of thiophene rings is 1. The molecule has 126 valence electrons. The van der Waals surface area contributed by atoms with E-state index >= 15 is 0 Å². The van der Waals surface area contributed by atoms with Crippen LogP contribution < -0.4 is 5.32 Å². The van der Waals surface area contributed by atoms with Crippen molar-refractivity contribution in [2.75, 3.05) is 20.6 Å². The summed E-state index contributed by atoms with van der Waals surface area (Å²) in [7, 11) is 4.08. The summed E-state index contributed by atoms with van der Waals surface area (Å²) in [5, 5.41) is 6.50. The Hall–Kier alpha value is -2.11. The second-order valence-electron chi connectivity index (χ2n) is 6.20. The molecular weight excluding hydrogens is 320 g/mol. The second kappa shape index (κ2) is 6.79. The summed E-state index contributed by atoms with van der Waals surface area (Å²) >= 11 is 1.74. The lowest BCUT2D eigenvalue weighted by Crippen LogP contribution is -2.34. The van der Waals surface area contributed by atoms with Gasteiger partial charge in [0.25, 0.3) is 5.91 Å². The molecule has 0 fully saturated rings. The number of rotatable bonds is 5. The van der Waals surface area contributed by atoms with Gasteiger partial charge in [0.15, 0.2) is 0 Å². The van der Waals surface area contributed by atoms with E-state index in [1.54, 1.807) is 17.4 Å². The highest BCUT2D eigenvalue weighted by Gasteiger charge is 2.20. The van der Waals surface area contributed by atoms with Crippen molar-refractivity contribution >= 4 is 27.3 Å². The molecular formula is C19H22N2O2S. The van der Waals surface area contributed by atoms with E-state index in [0.717, 1.165) is 5.76 Å². The molecule has 1 amide bonds. The van der Waals surface area contributed by atoms with Gasteiger partial charge >= 0.3 is 0 Å². The van der Waals surface area contributed by atoms with Gasteiger partial charge < -0.3 is 14.6 Å². The Bertz CT molecular complexity index is 863. The number of hydrogen-bond acceptors (Lipinski definition) is 4. The number of benzene rings is 1. The van der Waals surface area contributed by atoms with Crippen molar-refractivity contribution in [2.24, 2.45) is 0 Å². The van der Waals surface area contributed by atoms with Crippen LogP contribution in [0.1, 0.15) is 33.5 Å². The molecule has 0 radical (unpaired) electrons. The van der Waals surface area contributed by atoms with Gasteiger partial charge in [-0.3, -0.25) is 4.79 Å². The lowest BCUT2D eigenvalue weighted by molar-refractivity contribution is 0.0940. The smallest absolute Gasteiger partial charge is 0.254 e. The first-order chi connectivity index (χ1) is 11.5. The molecule has 0 bridgehead atoms. The lowest BCUT2D eigenvalue weighted by Gasteiger charge is -2.24. The first-order valence-electron chi connectivity index (χ1n) is 7.95. The number of nitrogens with zero attached hydrogens (tertiary/aromatic N) is 1. The van der Waals surface area contributed by atoms with Gasteiger partial charge in [-0.2, -0.15) is 0 Å². The highest BCUT2D eigenvalue weighted by Crippen LogP contribution is 2.32. The molecule has 0 saturated carbocycles. The first kappa shape index (κ1) is 16.7. The quantitative estimate of drug-likeness (QED) is 0.758. The van der Waals surface area contributed by atoms with Crippen LogP contribution in [0.4, 0.5) is 0 Å². The molecule has 1 N–H and O–H groups in total. The molecule has 5 heteroatoms. The summed E-state index contributed by atoms with van der Waals surface area (Å²) < 4.78 is 6.72. The molecule has 0 spiro atoms. The Morgan fingerprint density at radius 2 is 2.04 bits per heavy atom. The molecule has 1 aromatic carbocycles. The minimum absolute atomic E-state index is 0.0873. The van der Waals surface area contributed by atoms with E-state index in [4.69, 9.17) is 4.42 Å². The van der Waals surface area contributed by atoms with E-state index in [9.17, 15) is 4.79 Å². The van der Waals surface area contributed by atoms with Gasteiger partial charge in [0, 0.05) is 11.2 Å². The molecule has 0 aliphatic carbocycles. The summed E-state index contributed by atoms with van der Waals surface area (Å²) in [6, 6.07) is 10.3. The number of amides is 1. The van der Waals surface area contributed by atoms with E-state index in [1.807, 2.05) is 27.9 Å². The summed E-state index contributed by atoms with van der Waals surface area (Å²) in [5.41, 5.74) is 1.86. The highest BCUT2D eigenvalue weighted by molar-refractivity contribution is 7.17. The van der Waals surface area contributed by atoms with Crippen molar-refractivity contribution in [3.63, 3.8) is 0 Å². The third kappa shape index (κ3) is 3.23. The molecule has 0 aliphatic rings. The van der Waals surface area contributed by atoms with E-state index in [1.165, 1.54) is 15.6 Å². The maximum atomic E-state index is 12.5. The van der Waals surface area contributed by atoms with Crippen molar-refractivity contribution in [2.45, 2.75) is 19.9 Å². The van der Waals surface area contributed by atoms with Gasteiger partial charge in [-0.05, 0) is 56.4 Å².